The first-order chi connectivity index (χ1) is 19.3. The number of nitrogens with one attached hydrogen (secondary N) is 2. The van der Waals surface area contributed by atoms with Gasteiger partial charge in [0.1, 0.15) is 23.4 Å². The Morgan fingerprint density at radius 2 is 1.66 bits per heavy atom. The highest BCUT2D eigenvalue weighted by atomic mass is 35.5. The van der Waals surface area contributed by atoms with Crippen molar-refractivity contribution in [1.82, 2.24) is 10.2 Å². The Morgan fingerprint density at radius 3 is 2.22 bits per heavy atom. The lowest BCUT2D eigenvalue weighted by Gasteiger charge is -2.30. The molecule has 3 aromatic rings. The lowest BCUT2D eigenvalue weighted by Crippen LogP contribution is -2.51. The second-order valence-corrected chi connectivity index (χ2v) is 11.0. The van der Waals surface area contributed by atoms with Gasteiger partial charge in [-0.05, 0) is 69.5 Å². The van der Waals surface area contributed by atoms with Gasteiger partial charge in [0, 0.05) is 12.5 Å². The third-order valence-electron chi connectivity index (χ3n) is 6.11. The topological polar surface area (TPSA) is 108 Å². The highest BCUT2D eigenvalue weighted by Gasteiger charge is 2.36. The zero-order chi connectivity index (χ0) is 30.3. The van der Waals surface area contributed by atoms with Crippen LogP contribution in [-0.2, 0) is 20.7 Å². The molecule has 0 fully saturated rings. The molecule has 3 rings (SSSR count). The summed E-state index contributed by atoms with van der Waals surface area (Å²) in [6.07, 6.45) is 5.08. The van der Waals surface area contributed by atoms with E-state index in [1.807, 2.05) is 19.1 Å². The maximum absolute atomic E-state index is 14.1. The number of rotatable bonds is 8. The molecule has 0 saturated heterocycles. The number of ether oxygens (including phenoxy) is 1. The second-order valence-electron chi connectivity index (χ2n) is 10.6. The molecule has 0 aliphatic carbocycles. The average molecular weight is 576 g/mol. The number of hydrogen-bond acceptors (Lipinski definition) is 5. The van der Waals surface area contributed by atoms with E-state index in [-0.39, 0.29) is 12.2 Å². The van der Waals surface area contributed by atoms with Crippen LogP contribution < -0.4 is 10.6 Å². The fraction of sp³-hybridized carbons (Fsp3) is 0.281. The van der Waals surface area contributed by atoms with Gasteiger partial charge in [0.2, 0.25) is 0 Å². The fourth-order valence-electron chi connectivity index (χ4n) is 4.10. The van der Waals surface area contributed by atoms with Crippen LogP contribution >= 0.6 is 11.6 Å². The highest BCUT2D eigenvalue weighted by molar-refractivity contribution is 6.34. The summed E-state index contributed by atoms with van der Waals surface area (Å²) >= 11 is 6.37. The van der Waals surface area contributed by atoms with Crippen molar-refractivity contribution >= 4 is 35.2 Å². The third-order valence-corrected chi connectivity index (χ3v) is 6.43. The van der Waals surface area contributed by atoms with Crippen molar-refractivity contribution in [1.29, 1.82) is 0 Å². The van der Waals surface area contributed by atoms with Crippen LogP contribution in [0.15, 0.2) is 66.7 Å². The van der Waals surface area contributed by atoms with Crippen LogP contribution in [0.4, 0.5) is 10.5 Å². The number of amides is 3. The zero-order valence-electron chi connectivity index (χ0n) is 23.7. The van der Waals surface area contributed by atoms with Gasteiger partial charge in [-0.1, -0.05) is 72.1 Å². The largest absolute Gasteiger partial charge is 0.508 e. The molecule has 214 valence electrons. The quantitative estimate of drug-likeness (QED) is 0.229. The predicted octanol–water partition coefficient (Wildman–Crippen LogP) is 5.90. The van der Waals surface area contributed by atoms with Crippen LogP contribution in [0, 0.1) is 26.3 Å². The van der Waals surface area contributed by atoms with E-state index in [1.54, 1.807) is 70.2 Å². The number of hydrogen-bond donors (Lipinski definition) is 3. The summed E-state index contributed by atoms with van der Waals surface area (Å²) in [6, 6.07) is 18.3. The molecule has 2 atom stereocenters. The van der Waals surface area contributed by atoms with Crippen LogP contribution in [0.1, 0.15) is 49.1 Å². The molecule has 2 unspecified atom stereocenters. The number of phenolic OH excluding ortho intramolecular Hbond substituents is 1. The van der Waals surface area contributed by atoms with Crippen molar-refractivity contribution in [2.24, 2.45) is 0 Å². The van der Waals surface area contributed by atoms with Gasteiger partial charge in [-0.2, -0.15) is 0 Å². The predicted molar refractivity (Wildman–Crippen MR) is 159 cm³/mol. The van der Waals surface area contributed by atoms with Gasteiger partial charge >= 0.3 is 6.09 Å². The number of aromatic hydroxyl groups is 1. The Labute approximate surface area is 245 Å². The summed E-state index contributed by atoms with van der Waals surface area (Å²) in [5.41, 5.74) is 2.35. The molecule has 3 aromatic carbocycles. The van der Waals surface area contributed by atoms with Gasteiger partial charge in [-0.15, -0.1) is 0 Å². The van der Waals surface area contributed by atoms with Gasteiger partial charge in [0.25, 0.3) is 11.8 Å². The number of terminal acetylenes is 1. The minimum absolute atomic E-state index is 0.0163. The number of carbonyl (C=O) groups excluding carboxylic acids is 3. The number of para-hydroxylation sites is 1. The lowest BCUT2D eigenvalue weighted by atomic mass is 10.00. The second kappa shape index (κ2) is 13.2. The molecule has 0 saturated carbocycles. The molecular formula is C32H34ClN3O5. The lowest BCUT2D eigenvalue weighted by molar-refractivity contribution is -0.136. The van der Waals surface area contributed by atoms with E-state index < -0.39 is 35.6 Å². The molecule has 0 bridgehead atoms. The molecule has 0 spiro atoms. The first-order valence-electron chi connectivity index (χ1n) is 13.0. The number of halogens is 1. The summed E-state index contributed by atoms with van der Waals surface area (Å²) in [5, 5.41) is 15.5. The highest BCUT2D eigenvalue weighted by Crippen LogP contribution is 2.29. The van der Waals surface area contributed by atoms with Crippen LogP contribution in [0.2, 0.25) is 5.02 Å². The van der Waals surface area contributed by atoms with E-state index >= 15 is 0 Å². The summed E-state index contributed by atoms with van der Waals surface area (Å²) in [6.45, 7) is 8.79. The molecule has 8 nitrogen and oxygen atoms in total. The van der Waals surface area contributed by atoms with Crippen molar-refractivity contribution in [3.05, 3.63) is 94.0 Å². The molecule has 0 aliphatic heterocycles. The van der Waals surface area contributed by atoms with Gasteiger partial charge in [0.05, 0.1) is 10.7 Å². The maximum Gasteiger partial charge on any atom is 0.408 e. The Balaban J connectivity index is 2.03. The number of alkyl carbamates (subject to hydrolysis) is 1. The Morgan fingerprint density at radius 1 is 1.02 bits per heavy atom. The Kier molecular flexibility index (Phi) is 10.0. The summed E-state index contributed by atoms with van der Waals surface area (Å²) in [7, 11) is 0. The molecule has 3 amide bonds. The van der Waals surface area contributed by atoms with E-state index in [1.165, 1.54) is 12.1 Å². The summed E-state index contributed by atoms with van der Waals surface area (Å²) in [5.74, 6) is -1.24. The average Bonchev–Trinajstić information content (AvgIpc) is 2.89. The summed E-state index contributed by atoms with van der Waals surface area (Å²) in [4.78, 5) is 41.6. The number of carbonyl (C=O) groups is 3. The van der Waals surface area contributed by atoms with Crippen molar-refractivity contribution < 1.29 is 24.2 Å². The molecule has 0 radical (unpaired) electrons. The van der Waals surface area contributed by atoms with Gasteiger partial charge in [-0.3, -0.25) is 14.5 Å². The zero-order valence-corrected chi connectivity index (χ0v) is 24.5. The fourth-order valence-corrected chi connectivity index (χ4v) is 4.37. The standard InChI is InChI=1S/C32H34ClN3O5/c1-7-36(30(39)26(34-31(40)41-32(4,5)6)19-22-13-17-24(37)18-14-22)28(23-15-11-20(2)12-16-23)29(38)35-27-21(3)9-8-10-25(27)33/h1,8-18,26,28,37H,19H2,2-6H3,(H,34,40)(H,35,38). The monoisotopic (exact) mass is 575 g/mol. The Hall–Kier alpha value is -4.48. The normalized spacial score (nSPS) is 12.4. The molecule has 41 heavy (non-hydrogen) atoms. The van der Waals surface area contributed by atoms with Crippen molar-refractivity contribution in [3.8, 4) is 18.2 Å². The smallest absolute Gasteiger partial charge is 0.408 e. The first kappa shape index (κ1) is 31.1. The van der Waals surface area contributed by atoms with Crippen LogP contribution in [-0.4, -0.2) is 39.6 Å². The maximum atomic E-state index is 14.1. The summed E-state index contributed by atoms with van der Waals surface area (Å²) < 4.78 is 5.39. The number of benzene rings is 3. The first-order valence-corrected chi connectivity index (χ1v) is 13.4. The third kappa shape index (κ3) is 8.50. The SMILES string of the molecule is C#CN(C(=O)C(Cc1ccc(O)cc1)NC(=O)OC(C)(C)C)C(C(=O)Nc1c(C)cccc1Cl)c1ccc(C)cc1. The van der Waals surface area contributed by atoms with Crippen molar-refractivity contribution in [3.63, 3.8) is 0 Å². The molecule has 0 aromatic heterocycles. The van der Waals surface area contributed by atoms with Crippen molar-refractivity contribution in [2.75, 3.05) is 5.32 Å². The molecule has 3 N–H and O–H groups in total. The van der Waals surface area contributed by atoms with E-state index in [9.17, 15) is 19.5 Å². The molecule has 0 heterocycles. The minimum atomic E-state index is -1.26. The van der Waals surface area contributed by atoms with E-state index in [0.29, 0.717) is 21.8 Å². The van der Waals surface area contributed by atoms with E-state index in [4.69, 9.17) is 22.8 Å². The van der Waals surface area contributed by atoms with Crippen LogP contribution in [0.25, 0.3) is 0 Å². The molecular weight excluding hydrogens is 542 g/mol. The van der Waals surface area contributed by atoms with Gasteiger partial charge in [0.15, 0.2) is 0 Å². The van der Waals surface area contributed by atoms with E-state index in [2.05, 4.69) is 16.7 Å². The number of phenols is 1. The minimum Gasteiger partial charge on any atom is -0.508 e. The number of anilines is 1. The van der Waals surface area contributed by atoms with Crippen molar-refractivity contribution in [2.45, 2.75) is 58.7 Å². The van der Waals surface area contributed by atoms with E-state index in [0.717, 1.165) is 16.0 Å². The van der Waals surface area contributed by atoms with Gasteiger partial charge in [-0.25, -0.2) is 4.79 Å². The Bertz CT molecular complexity index is 1420. The van der Waals surface area contributed by atoms with Crippen LogP contribution in [0.3, 0.4) is 0 Å². The van der Waals surface area contributed by atoms with Gasteiger partial charge < -0.3 is 20.5 Å². The molecule has 0 aliphatic rings. The number of nitrogens with zero attached hydrogens (tertiary/aromatic N) is 1. The van der Waals surface area contributed by atoms with Crippen LogP contribution in [0.5, 0.6) is 5.75 Å². The number of aryl methyl sites for hydroxylation is 2. The molecule has 9 heteroatoms.